The molecule has 0 N–H and O–H groups in total. The lowest BCUT2D eigenvalue weighted by Gasteiger charge is -2.20. The Balaban J connectivity index is 1.54. The van der Waals surface area contributed by atoms with Crippen LogP contribution in [-0.2, 0) is 16.4 Å². The standard InChI is InChI=1S/C24H22N4O3S/c1-31-19-11-13-20(14-12-19)32(29,30)28-17-27(16-15-18-7-3-2-4-8-18)23-24(28)26-22-10-6-5-9-21(22)25-23/h2-14H,15-17H2,1H3. The first-order valence-electron chi connectivity index (χ1n) is 10.3. The summed E-state index contributed by atoms with van der Waals surface area (Å²) < 4.78 is 33.6. The molecule has 1 aromatic heterocycles. The van der Waals surface area contributed by atoms with Gasteiger partial charge in [-0.05, 0) is 48.4 Å². The molecule has 0 atom stereocenters. The van der Waals surface area contributed by atoms with Crippen molar-refractivity contribution in [3.8, 4) is 5.75 Å². The number of hydrogen-bond donors (Lipinski definition) is 0. The fourth-order valence-electron chi connectivity index (χ4n) is 3.80. The van der Waals surface area contributed by atoms with Gasteiger partial charge in [0, 0.05) is 6.54 Å². The van der Waals surface area contributed by atoms with E-state index in [1.165, 1.54) is 9.87 Å². The van der Waals surface area contributed by atoms with Gasteiger partial charge in [0.05, 0.1) is 23.0 Å². The summed E-state index contributed by atoms with van der Waals surface area (Å²) in [4.78, 5) is 11.6. The van der Waals surface area contributed by atoms with Crippen molar-refractivity contribution in [2.75, 3.05) is 29.5 Å². The van der Waals surface area contributed by atoms with E-state index in [9.17, 15) is 8.42 Å². The molecular weight excluding hydrogens is 424 g/mol. The minimum Gasteiger partial charge on any atom is -0.497 e. The van der Waals surface area contributed by atoms with Crippen molar-refractivity contribution in [3.05, 3.63) is 84.4 Å². The van der Waals surface area contributed by atoms with Gasteiger partial charge >= 0.3 is 0 Å². The normalized spacial score (nSPS) is 13.4. The Hall–Kier alpha value is -3.65. The van der Waals surface area contributed by atoms with Crippen LogP contribution in [-0.4, -0.2) is 38.7 Å². The summed E-state index contributed by atoms with van der Waals surface area (Å²) in [6.07, 6.45) is 0.769. The molecule has 0 radical (unpaired) electrons. The predicted octanol–water partition coefficient (Wildman–Crippen LogP) is 3.85. The largest absolute Gasteiger partial charge is 0.497 e. The molecule has 32 heavy (non-hydrogen) atoms. The third-order valence-corrected chi connectivity index (χ3v) is 7.27. The Kier molecular flexibility index (Phi) is 5.14. The van der Waals surface area contributed by atoms with Crippen molar-refractivity contribution in [2.45, 2.75) is 11.3 Å². The van der Waals surface area contributed by atoms with Crippen LogP contribution in [0.25, 0.3) is 11.0 Å². The number of ether oxygens (including phenoxy) is 1. The molecule has 5 rings (SSSR count). The van der Waals surface area contributed by atoms with Crippen LogP contribution in [0.5, 0.6) is 5.75 Å². The molecule has 8 heteroatoms. The van der Waals surface area contributed by atoms with Gasteiger partial charge in [0.25, 0.3) is 10.0 Å². The Morgan fingerprint density at radius 2 is 1.47 bits per heavy atom. The lowest BCUT2D eigenvalue weighted by Crippen LogP contribution is -2.36. The van der Waals surface area contributed by atoms with Crippen molar-refractivity contribution >= 4 is 32.7 Å². The number of para-hydroxylation sites is 2. The highest BCUT2D eigenvalue weighted by molar-refractivity contribution is 7.92. The Morgan fingerprint density at radius 3 is 2.12 bits per heavy atom. The number of methoxy groups -OCH3 is 1. The second kappa shape index (κ2) is 8.12. The third-order valence-electron chi connectivity index (χ3n) is 5.53. The van der Waals surface area contributed by atoms with Crippen LogP contribution in [0, 0.1) is 0 Å². The fraction of sp³-hybridized carbons (Fsp3) is 0.167. The zero-order valence-corrected chi connectivity index (χ0v) is 18.4. The van der Waals surface area contributed by atoms with Crippen LogP contribution in [0.1, 0.15) is 5.56 Å². The molecule has 0 aliphatic carbocycles. The first-order valence-corrected chi connectivity index (χ1v) is 11.7. The van der Waals surface area contributed by atoms with Crippen LogP contribution in [0.2, 0.25) is 0 Å². The minimum atomic E-state index is -3.83. The van der Waals surface area contributed by atoms with E-state index in [2.05, 4.69) is 17.1 Å². The van der Waals surface area contributed by atoms with Crippen LogP contribution >= 0.6 is 0 Å². The molecular formula is C24H22N4O3S. The summed E-state index contributed by atoms with van der Waals surface area (Å²) in [6, 6.07) is 24.0. The summed E-state index contributed by atoms with van der Waals surface area (Å²) >= 11 is 0. The number of sulfonamides is 1. The van der Waals surface area contributed by atoms with Crippen LogP contribution in [0.4, 0.5) is 11.6 Å². The van der Waals surface area contributed by atoms with E-state index in [1.54, 1.807) is 31.4 Å². The van der Waals surface area contributed by atoms with Crippen LogP contribution in [0.15, 0.2) is 83.8 Å². The quantitative estimate of drug-likeness (QED) is 0.448. The van der Waals surface area contributed by atoms with E-state index in [1.807, 2.05) is 47.4 Å². The average Bonchev–Trinajstić information content (AvgIpc) is 3.20. The van der Waals surface area contributed by atoms with Gasteiger partial charge in [-0.1, -0.05) is 42.5 Å². The molecule has 1 aliphatic rings. The third kappa shape index (κ3) is 3.62. The molecule has 0 spiro atoms. The summed E-state index contributed by atoms with van der Waals surface area (Å²) in [6.45, 7) is 0.783. The molecule has 3 aromatic carbocycles. The maximum absolute atomic E-state index is 13.5. The first-order chi connectivity index (χ1) is 15.6. The lowest BCUT2D eigenvalue weighted by molar-refractivity contribution is 0.414. The predicted molar refractivity (Wildman–Crippen MR) is 125 cm³/mol. The second-order valence-electron chi connectivity index (χ2n) is 7.53. The fourth-order valence-corrected chi connectivity index (χ4v) is 5.18. The summed E-state index contributed by atoms with van der Waals surface area (Å²) in [7, 11) is -2.28. The minimum absolute atomic E-state index is 0.160. The molecule has 1 aliphatic heterocycles. The van der Waals surface area contributed by atoms with Gasteiger partial charge < -0.3 is 9.64 Å². The molecule has 0 bridgehead atoms. The van der Waals surface area contributed by atoms with Gasteiger partial charge in [-0.25, -0.2) is 22.7 Å². The smallest absolute Gasteiger partial charge is 0.267 e. The van der Waals surface area contributed by atoms with E-state index in [0.29, 0.717) is 29.4 Å². The van der Waals surface area contributed by atoms with Gasteiger partial charge in [-0.15, -0.1) is 0 Å². The van der Waals surface area contributed by atoms with Crippen LogP contribution < -0.4 is 13.9 Å². The molecule has 0 unspecified atom stereocenters. The van der Waals surface area contributed by atoms with Crippen molar-refractivity contribution in [3.63, 3.8) is 0 Å². The van der Waals surface area contributed by atoms with Crippen molar-refractivity contribution in [2.24, 2.45) is 0 Å². The second-order valence-corrected chi connectivity index (χ2v) is 9.39. The van der Waals surface area contributed by atoms with Gasteiger partial charge in [-0.3, -0.25) is 0 Å². The summed E-state index contributed by atoms with van der Waals surface area (Å²) in [5.41, 5.74) is 2.57. The van der Waals surface area contributed by atoms with Crippen molar-refractivity contribution in [1.82, 2.24) is 9.97 Å². The monoisotopic (exact) mass is 446 g/mol. The van der Waals surface area contributed by atoms with Gasteiger partial charge in [0.2, 0.25) is 0 Å². The highest BCUT2D eigenvalue weighted by Gasteiger charge is 2.37. The maximum atomic E-state index is 13.5. The van der Waals surface area contributed by atoms with Crippen molar-refractivity contribution in [1.29, 1.82) is 0 Å². The number of fused-ring (bicyclic) bond motifs is 2. The number of nitrogens with zero attached hydrogens (tertiary/aromatic N) is 4. The summed E-state index contributed by atoms with van der Waals surface area (Å²) in [5, 5.41) is 0. The SMILES string of the molecule is COc1ccc(S(=O)(=O)N2CN(CCc3ccccc3)c3nc4ccccc4nc32)cc1. The van der Waals surface area contributed by atoms with E-state index in [4.69, 9.17) is 9.72 Å². The zero-order valence-electron chi connectivity index (χ0n) is 17.5. The lowest BCUT2D eigenvalue weighted by atomic mass is 10.1. The molecule has 2 heterocycles. The number of benzene rings is 3. The number of rotatable bonds is 6. The first kappa shape index (κ1) is 20.3. The number of hydrogen-bond acceptors (Lipinski definition) is 6. The Labute approximate surface area is 187 Å². The maximum Gasteiger partial charge on any atom is 0.267 e. The van der Waals surface area contributed by atoms with E-state index < -0.39 is 10.0 Å². The number of aromatic nitrogens is 2. The highest BCUT2D eigenvalue weighted by Crippen LogP contribution is 2.37. The van der Waals surface area contributed by atoms with E-state index in [0.717, 1.165) is 11.9 Å². The molecule has 7 nitrogen and oxygen atoms in total. The molecule has 162 valence electrons. The van der Waals surface area contributed by atoms with E-state index in [-0.39, 0.29) is 11.6 Å². The zero-order chi connectivity index (χ0) is 22.1. The van der Waals surface area contributed by atoms with Gasteiger partial charge in [0.1, 0.15) is 12.4 Å². The molecule has 0 fully saturated rings. The van der Waals surface area contributed by atoms with Crippen LogP contribution in [0.3, 0.4) is 0 Å². The number of anilines is 2. The molecule has 0 saturated heterocycles. The van der Waals surface area contributed by atoms with E-state index >= 15 is 0 Å². The highest BCUT2D eigenvalue weighted by atomic mass is 32.2. The molecule has 0 saturated carbocycles. The van der Waals surface area contributed by atoms with Crippen molar-refractivity contribution < 1.29 is 13.2 Å². The van der Waals surface area contributed by atoms with Gasteiger partial charge in [-0.2, -0.15) is 0 Å². The Bertz CT molecular complexity index is 1360. The van der Waals surface area contributed by atoms with Gasteiger partial charge in [0.15, 0.2) is 11.6 Å². The summed E-state index contributed by atoms with van der Waals surface area (Å²) in [5.74, 6) is 1.53. The molecule has 4 aromatic rings. The Morgan fingerprint density at radius 1 is 0.844 bits per heavy atom. The molecule has 0 amide bonds. The average molecular weight is 447 g/mol. The topological polar surface area (TPSA) is 75.6 Å².